The van der Waals surface area contributed by atoms with Gasteiger partial charge >= 0.3 is 6.18 Å². The van der Waals surface area contributed by atoms with Crippen LogP contribution in [-0.2, 0) is 11.0 Å². The van der Waals surface area contributed by atoms with E-state index in [2.05, 4.69) is 30.9 Å². The number of pyridine rings is 1. The highest BCUT2D eigenvalue weighted by molar-refractivity contribution is 6.05. The van der Waals surface area contributed by atoms with E-state index < -0.39 is 17.8 Å². The lowest BCUT2D eigenvalue weighted by molar-refractivity contribution is -0.142. The molecule has 0 saturated heterocycles. The van der Waals surface area contributed by atoms with Crippen LogP contribution in [0, 0.1) is 0 Å². The van der Waals surface area contributed by atoms with Gasteiger partial charge in [0.2, 0.25) is 0 Å². The Balaban J connectivity index is 1.34. The van der Waals surface area contributed by atoms with Crippen LogP contribution in [0.3, 0.4) is 0 Å². The summed E-state index contributed by atoms with van der Waals surface area (Å²) < 4.78 is 42.0. The molecule has 3 heterocycles. The molecule has 5 rings (SSSR count). The number of carbonyl (C=O) groups excluding carboxylic acids is 2. The van der Waals surface area contributed by atoms with Gasteiger partial charge in [0.1, 0.15) is 0 Å². The average Bonchev–Trinajstić information content (AvgIpc) is 3.30. The fraction of sp³-hybridized carbons (Fsp3) is 0.172. The zero-order valence-electron chi connectivity index (χ0n) is 21.8. The number of aromatic nitrogens is 5. The molecule has 4 aromatic rings. The SMILES string of the molecule is CNC(=O)c1ccc(C2C=C(C(=O)Nc3ccc(-n4nc(-c5cccnc5)cc4C(F)(F)F)nn3)C=CCC2)cc1. The van der Waals surface area contributed by atoms with Gasteiger partial charge in [-0.25, -0.2) is 4.68 Å². The molecular weight excluding hydrogens is 535 g/mol. The Morgan fingerprint density at radius 2 is 1.83 bits per heavy atom. The zero-order valence-corrected chi connectivity index (χ0v) is 21.8. The molecule has 1 unspecified atom stereocenters. The zero-order chi connectivity index (χ0) is 29.0. The van der Waals surface area contributed by atoms with Crippen LogP contribution in [0.15, 0.2) is 90.8 Å². The van der Waals surface area contributed by atoms with Gasteiger partial charge in [-0.1, -0.05) is 30.4 Å². The van der Waals surface area contributed by atoms with Gasteiger partial charge in [0.15, 0.2) is 17.3 Å². The van der Waals surface area contributed by atoms with Gasteiger partial charge in [-0.2, -0.15) is 18.3 Å². The summed E-state index contributed by atoms with van der Waals surface area (Å²) in [6.45, 7) is 0. The maximum absolute atomic E-state index is 13.8. The largest absolute Gasteiger partial charge is 0.433 e. The third kappa shape index (κ3) is 6.21. The van der Waals surface area contributed by atoms with Crippen LogP contribution in [0.2, 0.25) is 0 Å². The minimum atomic E-state index is -4.69. The molecule has 41 heavy (non-hydrogen) atoms. The second-order valence-corrected chi connectivity index (χ2v) is 9.21. The van der Waals surface area contributed by atoms with Crippen LogP contribution >= 0.6 is 0 Å². The van der Waals surface area contributed by atoms with E-state index in [1.807, 2.05) is 24.3 Å². The van der Waals surface area contributed by atoms with Crippen molar-refractivity contribution in [1.82, 2.24) is 30.3 Å². The second-order valence-electron chi connectivity index (χ2n) is 9.21. The molecular formula is C29H24F3N7O2. The van der Waals surface area contributed by atoms with Gasteiger partial charge in [-0.15, -0.1) is 10.2 Å². The fourth-order valence-electron chi connectivity index (χ4n) is 4.39. The maximum atomic E-state index is 13.8. The number of hydrogen-bond acceptors (Lipinski definition) is 6. The monoisotopic (exact) mass is 559 g/mol. The molecule has 0 radical (unpaired) electrons. The summed E-state index contributed by atoms with van der Waals surface area (Å²) in [5, 5.41) is 17.1. The van der Waals surface area contributed by atoms with Gasteiger partial charge in [0.05, 0.1) is 5.69 Å². The van der Waals surface area contributed by atoms with Gasteiger partial charge in [0, 0.05) is 42.1 Å². The number of allylic oxidation sites excluding steroid dienone is 2. The molecule has 0 fully saturated rings. The molecule has 2 amide bonds. The van der Waals surface area contributed by atoms with Crippen molar-refractivity contribution in [1.29, 1.82) is 0 Å². The van der Waals surface area contributed by atoms with Crippen molar-refractivity contribution in [3.05, 3.63) is 108 Å². The van der Waals surface area contributed by atoms with E-state index in [0.29, 0.717) is 21.4 Å². The summed E-state index contributed by atoms with van der Waals surface area (Å²) in [7, 11) is 1.57. The smallest absolute Gasteiger partial charge is 0.355 e. The standard InChI is InChI=1S/C29H24F3N7O2/c1-33-27(40)19-10-8-18(9-11-19)20-5-2-3-6-21(15-20)28(41)35-25-12-13-26(37-36-25)39-24(29(30,31)32)16-23(38-39)22-7-4-14-34-17-22/h3-4,6-17,20H,2,5H2,1H3,(H,33,40)(H,35,36,41). The number of halogens is 3. The van der Waals surface area contributed by atoms with Gasteiger partial charge in [-0.05, 0) is 60.9 Å². The van der Waals surface area contributed by atoms with Gasteiger partial charge < -0.3 is 10.6 Å². The molecule has 12 heteroatoms. The van der Waals surface area contributed by atoms with Crippen molar-refractivity contribution in [3.63, 3.8) is 0 Å². The minimum absolute atomic E-state index is 0.0624. The summed E-state index contributed by atoms with van der Waals surface area (Å²) in [5.74, 6) is -0.784. The maximum Gasteiger partial charge on any atom is 0.433 e. The molecule has 1 aliphatic rings. The number of hydrogen-bond donors (Lipinski definition) is 2. The highest BCUT2D eigenvalue weighted by Gasteiger charge is 2.37. The summed E-state index contributed by atoms with van der Waals surface area (Å²) in [6, 6.07) is 14.0. The van der Waals surface area contributed by atoms with E-state index >= 15 is 0 Å². The van der Waals surface area contributed by atoms with Crippen molar-refractivity contribution in [2.24, 2.45) is 0 Å². The second kappa shape index (κ2) is 11.5. The van der Waals surface area contributed by atoms with E-state index in [9.17, 15) is 22.8 Å². The fourth-order valence-corrected chi connectivity index (χ4v) is 4.39. The number of anilines is 1. The lowest BCUT2D eigenvalue weighted by Gasteiger charge is -2.13. The predicted octanol–water partition coefficient (Wildman–Crippen LogP) is 5.10. The van der Waals surface area contributed by atoms with Crippen LogP contribution in [0.25, 0.3) is 17.1 Å². The van der Waals surface area contributed by atoms with Crippen LogP contribution in [0.1, 0.15) is 40.4 Å². The van der Waals surface area contributed by atoms with E-state index in [4.69, 9.17) is 0 Å². The Hall–Kier alpha value is -5.13. The molecule has 208 valence electrons. The van der Waals surface area contributed by atoms with Crippen molar-refractivity contribution in [2.45, 2.75) is 24.9 Å². The van der Waals surface area contributed by atoms with Crippen LogP contribution in [0.4, 0.5) is 19.0 Å². The molecule has 1 aliphatic carbocycles. The molecule has 0 spiro atoms. The topological polar surface area (TPSA) is 115 Å². The lowest BCUT2D eigenvalue weighted by atomic mass is 9.92. The number of amides is 2. The Morgan fingerprint density at radius 3 is 2.49 bits per heavy atom. The number of alkyl halides is 3. The molecule has 0 aliphatic heterocycles. The molecule has 1 atom stereocenters. The van der Waals surface area contributed by atoms with E-state index in [1.165, 1.54) is 24.5 Å². The highest BCUT2D eigenvalue weighted by Crippen LogP contribution is 2.34. The number of rotatable bonds is 6. The van der Waals surface area contributed by atoms with E-state index in [1.54, 1.807) is 37.4 Å². The third-order valence-corrected chi connectivity index (χ3v) is 6.48. The normalized spacial score (nSPS) is 15.1. The lowest BCUT2D eigenvalue weighted by Crippen LogP contribution is -2.17. The Labute approximate surface area is 232 Å². The van der Waals surface area contributed by atoms with Gasteiger partial charge in [0.25, 0.3) is 11.8 Å². The molecule has 0 bridgehead atoms. The average molecular weight is 560 g/mol. The summed E-state index contributed by atoms with van der Waals surface area (Å²) in [4.78, 5) is 28.8. The van der Waals surface area contributed by atoms with Crippen molar-refractivity contribution < 1.29 is 22.8 Å². The molecule has 0 saturated carbocycles. The van der Waals surface area contributed by atoms with Crippen LogP contribution < -0.4 is 10.6 Å². The predicted molar refractivity (Wildman–Crippen MR) is 145 cm³/mol. The van der Waals surface area contributed by atoms with E-state index in [0.717, 1.165) is 24.5 Å². The number of benzene rings is 1. The summed E-state index contributed by atoms with van der Waals surface area (Å²) in [5.41, 5.74) is 1.37. The molecule has 2 N–H and O–H groups in total. The highest BCUT2D eigenvalue weighted by atomic mass is 19.4. The Bertz CT molecular complexity index is 1610. The Kier molecular flexibility index (Phi) is 7.72. The van der Waals surface area contributed by atoms with Gasteiger partial charge in [-0.3, -0.25) is 14.6 Å². The summed E-state index contributed by atoms with van der Waals surface area (Å²) in [6.07, 6.45) is 5.21. The first-order chi connectivity index (χ1) is 19.7. The van der Waals surface area contributed by atoms with Crippen LogP contribution in [-0.4, -0.2) is 43.8 Å². The number of carbonyl (C=O) groups is 2. The molecule has 9 nitrogen and oxygen atoms in total. The number of nitrogens with zero attached hydrogens (tertiary/aromatic N) is 5. The first kappa shape index (κ1) is 27.4. The third-order valence-electron chi connectivity index (χ3n) is 6.48. The molecule has 3 aromatic heterocycles. The summed E-state index contributed by atoms with van der Waals surface area (Å²) >= 11 is 0. The van der Waals surface area contributed by atoms with E-state index in [-0.39, 0.29) is 29.2 Å². The minimum Gasteiger partial charge on any atom is -0.355 e. The van der Waals surface area contributed by atoms with Crippen molar-refractivity contribution >= 4 is 17.6 Å². The van der Waals surface area contributed by atoms with Crippen molar-refractivity contribution in [3.8, 4) is 17.1 Å². The number of nitrogens with one attached hydrogen (secondary N) is 2. The first-order valence-electron chi connectivity index (χ1n) is 12.7. The molecule has 1 aromatic carbocycles. The van der Waals surface area contributed by atoms with Crippen LogP contribution in [0.5, 0.6) is 0 Å². The quantitative estimate of drug-likeness (QED) is 0.340. The van der Waals surface area contributed by atoms with Crippen molar-refractivity contribution in [2.75, 3.05) is 12.4 Å². The Morgan fingerprint density at radius 1 is 1.02 bits per heavy atom. The first-order valence-corrected chi connectivity index (χ1v) is 12.7.